The van der Waals surface area contributed by atoms with Gasteiger partial charge in [0.15, 0.2) is 0 Å². The largest absolute Gasteiger partial charge is 0.281 e. The maximum Gasteiger partial charge on any atom is 0.281 e. The molecule has 14 heavy (non-hydrogen) atoms. The van der Waals surface area contributed by atoms with E-state index in [0.29, 0.717) is 0 Å². The lowest BCUT2D eigenvalue weighted by atomic mass is 10.2. The molecule has 0 saturated heterocycles. The van der Waals surface area contributed by atoms with Crippen LogP contribution in [0, 0.1) is 11.3 Å². The third-order valence-electron chi connectivity index (χ3n) is 1.54. The van der Waals surface area contributed by atoms with E-state index in [2.05, 4.69) is 20.9 Å². The van der Waals surface area contributed by atoms with Crippen molar-refractivity contribution in [2.24, 2.45) is 0 Å². The first-order valence-corrected chi connectivity index (χ1v) is 5.03. The quantitative estimate of drug-likeness (QED) is 0.779. The highest BCUT2D eigenvalue weighted by Crippen LogP contribution is 2.27. The van der Waals surface area contributed by atoms with E-state index >= 15 is 0 Å². The van der Waals surface area contributed by atoms with E-state index in [1.165, 1.54) is 6.07 Å². The molecule has 2 nitrogen and oxygen atoms in total. The summed E-state index contributed by atoms with van der Waals surface area (Å²) in [5.74, 6) is 0. The molecule has 0 atom stereocenters. The highest BCUT2D eigenvalue weighted by molar-refractivity contribution is 9.08. The number of alkyl halides is 3. The van der Waals surface area contributed by atoms with Gasteiger partial charge in [-0.25, -0.2) is 13.8 Å². The van der Waals surface area contributed by atoms with Crippen LogP contribution in [0.5, 0.6) is 0 Å². The van der Waals surface area contributed by atoms with Crippen LogP contribution in [0.3, 0.4) is 0 Å². The van der Waals surface area contributed by atoms with Gasteiger partial charge in [-0.2, -0.15) is 5.26 Å². The zero-order chi connectivity index (χ0) is 10.7. The molecule has 6 heteroatoms. The van der Waals surface area contributed by atoms with Gasteiger partial charge < -0.3 is 0 Å². The summed E-state index contributed by atoms with van der Waals surface area (Å²) in [4.78, 5) is 3.61. The van der Waals surface area contributed by atoms with Gasteiger partial charge in [-0.3, -0.25) is 0 Å². The number of hydrogen-bond donors (Lipinski definition) is 0. The van der Waals surface area contributed by atoms with Crippen LogP contribution < -0.4 is 0 Å². The first-order valence-electron chi connectivity index (χ1n) is 3.53. The maximum atomic E-state index is 12.3. The summed E-state index contributed by atoms with van der Waals surface area (Å²) in [7, 11) is 0. The molecule has 1 aromatic rings. The fourth-order valence-electron chi connectivity index (χ4n) is 0.895. The van der Waals surface area contributed by atoms with Gasteiger partial charge in [0.1, 0.15) is 11.8 Å². The highest BCUT2D eigenvalue weighted by atomic mass is 79.9. The molecule has 0 spiro atoms. The topological polar surface area (TPSA) is 36.7 Å². The Hall–Kier alpha value is -0.730. The van der Waals surface area contributed by atoms with Crippen LogP contribution in [0.2, 0.25) is 5.02 Å². The summed E-state index contributed by atoms with van der Waals surface area (Å²) >= 11 is 8.58. The summed E-state index contributed by atoms with van der Waals surface area (Å²) in [5, 5.41) is 8.71. The normalized spacial score (nSPS) is 10.3. The lowest BCUT2D eigenvalue weighted by Gasteiger charge is -2.05. The predicted molar refractivity (Wildman–Crippen MR) is 51.6 cm³/mol. The van der Waals surface area contributed by atoms with Gasteiger partial charge in [-0.1, -0.05) is 27.5 Å². The zero-order valence-electron chi connectivity index (χ0n) is 6.77. The second-order valence-corrected chi connectivity index (χ2v) is 3.36. The molecule has 1 heterocycles. The van der Waals surface area contributed by atoms with Crippen molar-refractivity contribution < 1.29 is 8.78 Å². The summed E-state index contributed by atoms with van der Waals surface area (Å²) in [6.45, 7) is 0. The Balaban J connectivity index is 3.32. The van der Waals surface area contributed by atoms with Crippen molar-refractivity contribution >= 4 is 27.5 Å². The van der Waals surface area contributed by atoms with E-state index in [1.807, 2.05) is 6.07 Å². The third kappa shape index (κ3) is 2.20. The van der Waals surface area contributed by atoms with Crippen molar-refractivity contribution in [1.82, 2.24) is 4.98 Å². The Bertz CT molecular complexity index is 389. The Morgan fingerprint density at radius 1 is 1.64 bits per heavy atom. The minimum Gasteiger partial charge on any atom is -0.248 e. The lowest BCUT2D eigenvalue weighted by molar-refractivity contribution is 0.146. The number of pyridine rings is 1. The Labute approximate surface area is 92.6 Å². The van der Waals surface area contributed by atoms with Crippen molar-refractivity contribution in [1.29, 1.82) is 5.26 Å². The molecule has 0 unspecified atom stereocenters. The summed E-state index contributed by atoms with van der Waals surface area (Å²) in [6.07, 6.45) is -2.73. The van der Waals surface area contributed by atoms with E-state index < -0.39 is 12.1 Å². The maximum absolute atomic E-state index is 12.3. The third-order valence-corrected chi connectivity index (χ3v) is 2.37. The minimum atomic E-state index is -2.73. The number of hydrogen-bond acceptors (Lipinski definition) is 2. The Morgan fingerprint density at radius 2 is 2.29 bits per heavy atom. The number of halogens is 4. The number of rotatable bonds is 2. The van der Waals surface area contributed by atoms with E-state index in [9.17, 15) is 8.78 Å². The standard InChI is InChI=1S/C8H4BrClF2N2/c9-2-6-4(3-13)1-5(10)7(14-6)8(11)12/h1,8H,2H2. The second kappa shape index (κ2) is 4.67. The highest BCUT2D eigenvalue weighted by Gasteiger charge is 2.17. The van der Waals surface area contributed by atoms with Crippen molar-refractivity contribution in [3.8, 4) is 6.07 Å². The SMILES string of the molecule is N#Cc1cc(Cl)c(C(F)F)nc1CBr. The second-order valence-electron chi connectivity index (χ2n) is 2.40. The van der Waals surface area contributed by atoms with Gasteiger partial charge >= 0.3 is 0 Å². The van der Waals surface area contributed by atoms with Crippen LogP contribution in [0.4, 0.5) is 8.78 Å². The smallest absolute Gasteiger partial charge is 0.248 e. The molecule has 0 N–H and O–H groups in total. The summed E-state index contributed by atoms with van der Waals surface area (Å²) in [6, 6.07) is 3.03. The van der Waals surface area contributed by atoms with Gasteiger partial charge in [0.25, 0.3) is 6.43 Å². The lowest BCUT2D eigenvalue weighted by Crippen LogP contribution is -1.99. The van der Waals surface area contributed by atoms with Crippen LogP contribution in [0.25, 0.3) is 0 Å². The van der Waals surface area contributed by atoms with E-state index in [4.69, 9.17) is 16.9 Å². The predicted octanol–water partition coefficient (Wildman–Crippen LogP) is 3.44. The van der Waals surface area contributed by atoms with Crippen molar-refractivity contribution in [2.45, 2.75) is 11.8 Å². The molecule has 0 fully saturated rings. The monoisotopic (exact) mass is 280 g/mol. The molecular formula is C8H4BrClF2N2. The number of nitriles is 1. The van der Waals surface area contributed by atoms with Gasteiger partial charge in [-0.05, 0) is 6.07 Å². The fraction of sp³-hybridized carbons (Fsp3) is 0.250. The van der Waals surface area contributed by atoms with E-state index in [1.54, 1.807) is 0 Å². The Morgan fingerprint density at radius 3 is 2.71 bits per heavy atom. The molecule has 0 bridgehead atoms. The first-order chi connectivity index (χ1) is 6.60. The molecule has 0 aliphatic carbocycles. The van der Waals surface area contributed by atoms with Gasteiger partial charge in [-0.15, -0.1) is 0 Å². The summed E-state index contributed by atoms with van der Waals surface area (Å²) in [5.41, 5.74) is -0.0106. The zero-order valence-corrected chi connectivity index (χ0v) is 9.11. The molecule has 0 saturated carbocycles. The molecule has 1 aromatic heterocycles. The molecule has 0 amide bonds. The average molecular weight is 281 g/mol. The van der Waals surface area contributed by atoms with E-state index in [0.717, 1.165) is 0 Å². The van der Waals surface area contributed by atoms with Crippen molar-refractivity contribution in [3.63, 3.8) is 0 Å². The molecule has 0 aliphatic rings. The number of aromatic nitrogens is 1. The van der Waals surface area contributed by atoms with Crippen LogP contribution in [0.15, 0.2) is 6.07 Å². The summed E-state index contributed by atoms with van der Waals surface area (Å²) < 4.78 is 24.7. The minimum absolute atomic E-state index is 0.179. The van der Waals surface area contributed by atoms with Gasteiger partial charge in [0.2, 0.25) is 0 Å². The molecule has 0 aliphatic heterocycles. The van der Waals surface area contributed by atoms with Crippen molar-refractivity contribution in [2.75, 3.05) is 0 Å². The average Bonchev–Trinajstić information content (AvgIpc) is 2.16. The first kappa shape index (κ1) is 11.3. The molecule has 0 radical (unpaired) electrons. The van der Waals surface area contributed by atoms with E-state index in [-0.39, 0.29) is 21.6 Å². The van der Waals surface area contributed by atoms with Crippen LogP contribution in [0.1, 0.15) is 23.4 Å². The van der Waals surface area contributed by atoms with Gasteiger partial charge in [0, 0.05) is 5.33 Å². The fourth-order valence-corrected chi connectivity index (χ4v) is 1.56. The molecule has 1 rings (SSSR count). The number of nitrogens with zero attached hydrogens (tertiary/aromatic N) is 2. The molecular weight excluding hydrogens is 277 g/mol. The van der Waals surface area contributed by atoms with Crippen molar-refractivity contribution in [3.05, 3.63) is 28.0 Å². The molecule has 74 valence electrons. The Kier molecular flexibility index (Phi) is 3.78. The van der Waals surface area contributed by atoms with Gasteiger partial charge in [0.05, 0.1) is 16.3 Å². The molecule has 0 aromatic carbocycles. The van der Waals surface area contributed by atoms with Crippen LogP contribution in [-0.4, -0.2) is 4.98 Å². The van der Waals surface area contributed by atoms with Crippen LogP contribution in [-0.2, 0) is 5.33 Å². The van der Waals surface area contributed by atoms with Crippen LogP contribution >= 0.6 is 27.5 Å².